The van der Waals surface area contributed by atoms with Crippen LogP contribution in [0.15, 0.2) is 48.8 Å². The topological polar surface area (TPSA) is 61.7 Å². The predicted octanol–water partition coefficient (Wildman–Crippen LogP) is 2.68. The van der Waals surface area contributed by atoms with Crippen molar-refractivity contribution in [2.75, 3.05) is 40.3 Å². The fourth-order valence-corrected chi connectivity index (χ4v) is 3.66. The highest BCUT2D eigenvalue weighted by Crippen LogP contribution is 2.37. The number of rotatable bonds is 4. The molecular weight excluding hydrogens is 340 g/mol. The van der Waals surface area contributed by atoms with Crippen LogP contribution in [0.25, 0.3) is 10.9 Å². The number of methoxy groups -OCH3 is 1. The maximum absolute atomic E-state index is 11.0. The number of aromatic nitrogens is 2. The van der Waals surface area contributed by atoms with Crippen LogP contribution in [-0.2, 0) is 0 Å². The third-order valence-electron chi connectivity index (χ3n) is 5.25. The Hall–Kier alpha value is -2.70. The van der Waals surface area contributed by atoms with Crippen molar-refractivity contribution in [3.05, 3.63) is 60.0 Å². The number of likely N-dealkylation sites (N-methyl/N-ethyl adjacent to an activating group) is 1. The van der Waals surface area contributed by atoms with Crippen LogP contribution in [0.3, 0.4) is 0 Å². The molecule has 1 unspecified atom stereocenters. The normalized spacial score (nSPS) is 17.1. The van der Waals surface area contributed by atoms with Crippen molar-refractivity contribution in [1.82, 2.24) is 19.8 Å². The summed E-state index contributed by atoms with van der Waals surface area (Å²) >= 11 is 0. The van der Waals surface area contributed by atoms with Gasteiger partial charge in [-0.25, -0.2) is 0 Å². The van der Waals surface area contributed by atoms with Crippen molar-refractivity contribution in [2.24, 2.45) is 0 Å². The van der Waals surface area contributed by atoms with Crippen molar-refractivity contribution in [3.8, 4) is 11.5 Å². The molecule has 0 radical (unpaired) electrons. The van der Waals surface area contributed by atoms with Gasteiger partial charge in [-0.05, 0) is 25.2 Å². The average Bonchev–Trinajstić information content (AvgIpc) is 2.72. The van der Waals surface area contributed by atoms with E-state index in [9.17, 15) is 5.11 Å². The van der Waals surface area contributed by atoms with Gasteiger partial charge in [0.2, 0.25) is 0 Å². The molecule has 3 aromatic rings. The Bertz CT molecular complexity index is 921. The van der Waals surface area contributed by atoms with E-state index < -0.39 is 0 Å². The number of fused-ring (bicyclic) bond motifs is 1. The third kappa shape index (κ3) is 3.46. The van der Waals surface area contributed by atoms with Crippen LogP contribution in [0.2, 0.25) is 0 Å². The molecule has 0 amide bonds. The summed E-state index contributed by atoms with van der Waals surface area (Å²) in [5, 5.41) is 11.9. The van der Waals surface area contributed by atoms with Gasteiger partial charge in [0.05, 0.1) is 25.0 Å². The second-order valence-electron chi connectivity index (χ2n) is 6.94. The number of hydrogen-bond donors (Lipinski definition) is 1. The first kappa shape index (κ1) is 17.7. The highest BCUT2D eigenvalue weighted by Gasteiger charge is 2.29. The van der Waals surface area contributed by atoms with E-state index in [-0.39, 0.29) is 11.8 Å². The molecular formula is C21H24N4O2. The fourth-order valence-electron chi connectivity index (χ4n) is 3.66. The van der Waals surface area contributed by atoms with Gasteiger partial charge in [0.25, 0.3) is 0 Å². The average molecular weight is 364 g/mol. The number of hydrogen-bond acceptors (Lipinski definition) is 6. The standard InChI is InChI=1S/C21H24N4O2/c1-24-10-12-25(13-11-24)20(18-8-6-16(27-2)14-23-18)17-7-5-15-4-3-9-22-19(15)21(17)26/h3-9,14,20,26H,10-13H2,1-2H3. The lowest BCUT2D eigenvalue weighted by atomic mass is 9.97. The SMILES string of the molecule is COc1ccc(C(c2ccc3cccnc3c2O)N2CCN(C)CC2)nc1. The highest BCUT2D eigenvalue weighted by atomic mass is 16.5. The number of benzene rings is 1. The molecule has 4 rings (SSSR count). The van der Waals surface area contributed by atoms with Crippen LogP contribution < -0.4 is 4.74 Å². The van der Waals surface area contributed by atoms with Gasteiger partial charge in [-0.1, -0.05) is 18.2 Å². The fraction of sp³-hybridized carbons (Fsp3) is 0.333. The van der Waals surface area contributed by atoms with Crippen molar-refractivity contribution in [3.63, 3.8) is 0 Å². The highest BCUT2D eigenvalue weighted by molar-refractivity contribution is 5.85. The Balaban J connectivity index is 1.80. The number of piperazine rings is 1. The third-order valence-corrected chi connectivity index (χ3v) is 5.25. The summed E-state index contributed by atoms with van der Waals surface area (Å²) in [5.74, 6) is 0.954. The van der Waals surface area contributed by atoms with Crippen molar-refractivity contribution >= 4 is 10.9 Å². The lowest BCUT2D eigenvalue weighted by Gasteiger charge is -2.38. The van der Waals surface area contributed by atoms with Gasteiger partial charge in [0.1, 0.15) is 17.0 Å². The zero-order valence-corrected chi connectivity index (χ0v) is 15.7. The van der Waals surface area contributed by atoms with Gasteiger partial charge >= 0.3 is 0 Å². The molecule has 0 aliphatic carbocycles. The van der Waals surface area contributed by atoms with Crippen LogP contribution in [0.5, 0.6) is 11.5 Å². The summed E-state index contributed by atoms with van der Waals surface area (Å²) in [6.45, 7) is 3.79. The predicted molar refractivity (Wildman–Crippen MR) is 105 cm³/mol. The molecule has 3 heterocycles. The minimum atomic E-state index is -0.129. The molecule has 0 saturated carbocycles. The summed E-state index contributed by atoms with van der Waals surface area (Å²) < 4.78 is 5.25. The first-order valence-electron chi connectivity index (χ1n) is 9.16. The number of nitrogens with zero attached hydrogens (tertiary/aromatic N) is 4. The Morgan fingerprint density at radius 3 is 2.56 bits per heavy atom. The summed E-state index contributed by atoms with van der Waals surface area (Å²) in [5.41, 5.74) is 2.36. The van der Waals surface area contributed by atoms with Gasteiger partial charge in [0.15, 0.2) is 0 Å². The molecule has 140 valence electrons. The molecule has 0 spiro atoms. The van der Waals surface area contributed by atoms with Gasteiger partial charge < -0.3 is 14.7 Å². The van der Waals surface area contributed by atoms with Crippen molar-refractivity contribution in [1.29, 1.82) is 0 Å². The molecule has 1 N–H and O–H groups in total. The quantitative estimate of drug-likeness (QED) is 0.768. The van der Waals surface area contributed by atoms with Gasteiger partial charge in [-0.2, -0.15) is 0 Å². The van der Waals surface area contributed by atoms with Crippen LogP contribution in [-0.4, -0.2) is 65.2 Å². The van der Waals surface area contributed by atoms with E-state index in [4.69, 9.17) is 4.74 Å². The van der Waals surface area contributed by atoms with E-state index in [1.165, 1.54) is 0 Å². The van der Waals surface area contributed by atoms with E-state index in [0.717, 1.165) is 48.6 Å². The van der Waals surface area contributed by atoms with Gasteiger partial charge in [-0.3, -0.25) is 14.9 Å². The molecule has 0 bridgehead atoms. The lowest BCUT2D eigenvalue weighted by molar-refractivity contribution is 0.124. The van der Waals surface area contributed by atoms with Crippen LogP contribution in [0, 0.1) is 0 Å². The lowest BCUT2D eigenvalue weighted by Crippen LogP contribution is -2.46. The number of aromatic hydroxyl groups is 1. The van der Waals surface area contributed by atoms with E-state index in [0.29, 0.717) is 5.52 Å². The molecule has 6 heteroatoms. The Labute approximate surface area is 159 Å². The maximum atomic E-state index is 11.0. The number of phenols is 1. The summed E-state index contributed by atoms with van der Waals surface area (Å²) in [6, 6.07) is 11.6. The molecule has 1 aromatic carbocycles. The van der Waals surface area contributed by atoms with Crippen molar-refractivity contribution in [2.45, 2.75) is 6.04 Å². The van der Waals surface area contributed by atoms with E-state index in [1.54, 1.807) is 19.5 Å². The number of phenolic OH excluding ortho intramolecular Hbond substituents is 1. The molecule has 27 heavy (non-hydrogen) atoms. The Morgan fingerprint density at radius 2 is 1.85 bits per heavy atom. The molecule has 2 aromatic heterocycles. The van der Waals surface area contributed by atoms with E-state index in [1.807, 2.05) is 36.4 Å². The Morgan fingerprint density at radius 1 is 1.04 bits per heavy atom. The van der Waals surface area contributed by atoms with Gasteiger partial charge in [-0.15, -0.1) is 0 Å². The number of pyridine rings is 2. The molecule has 1 aliphatic heterocycles. The minimum Gasteiger partial charge on any atom is -0.505 e. The van der Waals surface area contributed by atoms with E-state index in [2.05, 4.69) is 26.8 Å². The summed E-state index contributed by atoms with van der Waals surface area (Å²) in [6.07, 6.45) is 3.44. The Kier molecular flexibility index (Phi) is 4.92. The van der Waals surface area contributed by atoms with Gasteiger partial charge in [0, 0.05) is 43.3 Å². The van der Waals surface area contributed by atoms with Crippen LogP contribution in [0.4, 0.5) is 0 Å². The first-order chi connectivity index (χ1) is 13.2. The molecule has 1 atom stereocenters. The summed E-state index contributed by atoms with van der Waals surface area (Å²) in [7, 11) is 3.77. The molecule has 1 fully saturated rings. The molecule has 6 nitrogen and oxygen atoms in total. The van der Waals surface area contributed by atoms with Crippen molar-refractivity contribution < 1.29 is 9.84 Å². The zero-order valence-electron chi connectivity index (χ0n) is 15.7. The molecule has 1 aliphatic rings. The van der Waals surface area contributed by atoms with E-state index >= 15 is 0 Å². The van der Waals surface area contributed by atoms with Crippen LogP contribution in [0.1, 0.15) is 17.3 Å². The monoisotopic (exact) mass is 364 g/mol. The second kappa shape index (κ2) is 7.50. The number of ether oxygens (including phenoxy) is 1. The molecule has 1 saturated heterocycles. The smallest absolute Gasteiger partial charge is 0.146 e. The van der Waals surface area contributed by atoms with Crippen LogP contribution >= 0.6 is 0 Å². The largest absolute Gasteiger partial charge is 0.505 e. The zero-order chi connectivity index (χ0) is 18.8. The summed E-state index contributed by atoms with van der Waals surface area (Å²) in [4.78, 5) is 13.7. The second-order valence-corrected chi connectivity index (χ2v) is 6.94. The maximum Gasteiger partial charge on any atom is 0.146 e. The minimum absolute atomic E-state index is 0.129. The first-order valence-corrected chi connectivity index (χ1v) is 9.16.